The van der Waals surface area contributed by atoms with E-state index in [0.29, 0.717) is 25.6 Å². The molecule has 0 spiro atoms. The number of aromatic amines is 1. The maximum absolute atomic E-state index is 12.9. The Morgan fingerprint density at radius 1 is 1.12 bits per heavy atom. The second-order valence-electron chi connectivity index (χ2n) is 7.29. The van der Waals surface area contributed by atoms with Crippen LogP contribution in [0.25, 0.3) is 11.2 Å². The van der Waals surface area contributed by atoms with E-state index in [1.54, 1.807) is 4.57 Å². The number of nitro groups is 1. The van der Waals surface area contributed by atoms with Gasteiger partial charge in [-0.25, -0.2) is 13.2 Å². The first-order valence-corrected chi connectivity index (χ1v) is 11.3. The van der Waals surface area contributed by atoms with E-state index < -0.39 is 26.2 Å². The maximum Gasteiger partial charge on any atom is 0.329 e. The van der Waals surface area contributed by atoms with Crippen molar-refractivity contribution in [2.24, 2.45) is 7.05 Å². The average molecular weight is 463 g/mol. The number of rotatable bonds is 5. The second-order valence-corrected chi connectivity index (χ2v) is 9.23. The standard InChI is InChI=1S/C18H21N7O6S/c1-3-24-14-15(21(2)18(27)20-16(14)26)19-17(24)22-8-10-23(11-9-22)32(30,31)13-6-4-12(5-7-13)25(28)29/h4-7H,3,8-11H2,1-2H3,(H,20,26,27). The molecule has 2 aromatic heterocycles. The van der Waals surface area contributed by atoms with Crippen molar-refractivity contribution in [1.29, 1.82) is 0 Å². The largest absolute Gasteiger partial charge is 0.340 e. The van der Waals surface area contributed by atoms with Crippen LogP contribution in [0.5, 0.6) is 0 Å². The molecule has 14 heteroatoms. The molecule has 0 radical (unpaired) electrons. The number of hydrogen-bond acceptors (Lipinski definition) is 8. The molecule has 1 saturated heterocycles. The third-order valence-electron chi connectivity index (χ3n) is 5.51. The number of aromatic nitrogens is 4. The zero-order valence-electron chi connectivity index (χ0n) is 17.4. The molecular formula is C18H21N7O6S. The van der Waals surface area contributed by atoms with Crippen molar-refractivity contribution >= 4 is 32.8 Å². The number of H-pyrrole nitrogens is 1. The van der Waals surface area contributed by atoms with Crippen LogP contribution in [0.2, 0.25) is 0 Å². The number of benzene rings is 1. The number of piperazine rings is 1. The summed E-state index contributed by atoms with van der Waals surface area (Å²) in [7, 11) is -2.29. The number of aryl methyl sites for hydroxylation is 2. The Morgan fingerprint density at radius 2 is 1.75 bits per heavy atom. The van der Waals surface area contributed by atoms with Gasteiger partial charge in [0.1, 0.15) is 0 Å². The Labute approximate surface area is 181 Å². The molecule has 32 heavy (non-hydrogen) atoms. The SMILES string of the molecule is CCn1c(N2CCN(S(=O)(=O)c3ccc([N+](=O)[O-])cc3)CC2)nc2c1c(=O)[nH]c(=O)n2C. The van der Waals surface area contributed by atoms with Crippen molar-refractivity contribution in [2.75, 3.05) is 31.1 Å². The molecule has 1 N–H and O–H groups in total. The molecule has 4 rings (SSSR count). The Kier molecular flexibility index (Phi) is 5.34. The molecule has 13 nitrogen and oxygen atoms in total. The molecule has 0 unspecified atom stereocenters. The molecule has 1 fully saturated rings. The highest BCUT2D eigenvalue weighted by molar-refractivity contribution is 7.89. The number of anilines is 1. The van der Waals surface area contributed by atoms with Gasteiger partial charge in [-0.05, 0) is 19.1 Å². The first-order valence-electron chi connectivity index (χ1n) is 9.84. The lowest BCUT2D eigenvalue weighted by Gasteiger charge is -2.34. The summed E-state index contributed by atoms with van der Waals surface area (Å²) in [5.74, 6) is 0.488. The quantitative estimate of drug-likeness (QED) is 0.405. The first kappa shape index (κ1) is 21.7. The Balaban J connectivity index is 1.60. The minimum Gasteiger partial charge on any atom is -0.340 e. The number of imidazole rings is 1. The summed E-state index contributed by atoms with van der Waals surface area (Å²) in [6.07, 6.45) is 0. The maximum atomic E-state index is 12.9. The molecule has 1 aromatic carbocycles. The van der Waals surface area contributed by atoms with Crippen molar-refractivity contribution in [3.63, 3.8) is 0 Å². The Morgan fingerprint density at radius 3 is 2.31 bits per heavy atom. The number of non-ortho nitro benzene ring substituents is 1. The van der Waals surface area contributed by atoms with Crippen molar-refractivity contribution < 1.29 is 13.3 Å². The van der Waals surface area contributed by atoms with Crippen LogP contribution >= 0.6 is 0 Å². The van der Waals surface area contributed by atoms with Gasteiger partial charge < -0.3 is 9.47 Å². The molecule has 0 bridgehead atoms. The van der Waals surface area contributed by atoms with Gasteiger partial charge >= 0.3 is 5.69 Å². The average Bonchev–Trinajstić information content (AvgIpc) is 3.18. The summed E-state index contributed by atoms with van der Waals surface area (Å²) < 4.78 is 30.2. The zero-order chi connectivity index (χ0) is 23.2. The highest BCUT2D eigenvalue weighted by atomic mass is 32.2. The molecule has 0 saturated carbocycles. The van der Waals surface area contributed by atoms with Gasteiger partial charge in [0.05, 0.1) is 9.82 Å². The molecule has 3 heterocycles. The van der Waals surface area contributed by atoms with Crippen LogP contribution in [0.1, 0.15) is 6.92 Å². The predicted molar refractivity (Wildman–Crippen MR) is 115 cm³/mol. The summed E-state index contributed by atoms with van der Waals surface area (Å²) in [5, 5.41) is 10.8. The van der Waals surface area contributed by atoms with Gasteiger partial charge in [0, 0.05) is 51.9 Å². The van der Waals surface area contributed by atoms with Gasteiger partial charge in [-0.2, -0.15) is 9.29 Å². The van der Waals surface area contributed by atoms with Crippen molar-refractivity contribution in [3.8, 4) is 0 Å². The lowest BCUT2D eigenvalue weighted by molar-refractivity contribution is -0.384. The fourth-order valence-corrected chi connectivity index (χ4v) is 5.20. The lowest BCUT2D eigenvalue weighted by Crippen LogP contribution is -2.49. The molecule has 0 aliphatic carbocycles. The number of hydrogen-bond donors (Lipinski definition) is 1. The highest BCUT2D eigenvalue weighted by Gasteiger charge is 2.31. The van der Waals surface area contributed by atoms with Gasteiger partial charge in [0.2, 0.25) is 16.0 Å². The first-order chi connectivity index (χ1) is 15.1. The van der Waals surface area contributed by atoms with Gasteiger partial charge in [-0.3, -0.25) is 24.5 Å². The van der Waals surface area contributed by atoms with Crippen molar-refractivity contribution in [1.82, 2.24) is 23.4 Å². The van der Waals surface area contributed by atoms with Crippen LogP contribution in [0.3, 0.4) is 0 Å². The van der Waals surface area contributed by atoms with E-state index >= 15 is 0 Å². The molecule has 0 atom stereocenters. The van der Waals surface area contributed by atoms with Crippen LogP contribution in [0, 0.1) is 10.1 Å². The normalized spacial score (nSPS) is 15.4. The number of nitro benzene ring substituents is 1. The summed E-state index contributed by atoms with van der Waals surface area (Å²) in [4.78, 5) is 43.1. The summed E-state index contributed by atoms with van der Waals surface area (Å²) in [6, 6.07) is 4.77. The van der Waals surface area contributed by atoms with E-state index in [9.17, 15) is 28.1 Å². The van der Waals surface area contributed by atoms with E-state index in [2.05, 4.69) is 9.97 Å². The smallest absolute Gasteiger partial charge is 0.329 e. The van der Waals surface area contributed by atoms with Gasteiger partial charge in [0.15, 0.2) is 11.2 Å². The summed E-state index contributed by atoms with van der Waals surface area (Å²) >= 11 is 0. The van der Waals surface area contributed by atoms with E-state index in [1.807, 2.05) is 11.8 Å². The fourth-order valence-electron chi connectivity index (χ4n) is 3.78. The molecule has 3 aromatic rings. The molecular weight excluding hydrogens is 442 g/mol. The summed E-state index contributed by atoms with van der Waals surface area (Å²) in [5.41, 5.74) is -0.726. The van der Waals surface area contributed by atoms with E-state index in [1.165, 1.54) is 28.1 Å². The van der Waals surface area contributed by atoms with Crippen LogP contribution in [0.15, 0.2) is 38.8 Å². The predicted octanol–water partition coefficient (Wildman–Crippen LogP) is -0.138. The molecule has 170 valence electrons. The number of fused-ring (bicyclic) bond motifs is 1. The highest BCUT2D eigenvalue weighted by Crippen LogP contribution is 2.24. The van der Waals surface area contributed by atoms with Gasteiger partial charge in [0.25, 0.3) is 11.2 Å². The molecule has 1 aliphatic rings. The lowest BCUT2D eigenvalue weighted by atomic mass is 10.3. The minimum atomic E-state index is -3.81. The van der Waals surface area contributed by atoms with E-state index in [0.717, 1.165) is 12.1 Å². The second kappa shape index (κ2) is 7.87. The fraction of sp³-hybridized carbons (Fsp3) is 0.389. The molecule has 0 amide bonds. The van der Waals surface area contributed by atoms with Crippen LogP contribution in [-0.2, 0) is 23.6 Å². The van der Waals surface area contributed by atoms with Crippen LogP contribution in [-0.4, -0.2) is 62.9 Å². The topological polar surface area (TPSA) is 156 Å². The third-order valence-corrected chi connectivity index (χ3v) is 7.42. The number of sulfonamides is 1. The van der Waals surface area contributed by atoms with Gasteiger partial charge in [-0.15, -0.1) is 0 Å². The van der Waals surface area contributed by atoms with Crippen molar-refractivity contribution in [3.05, 3.63) is 55.2 Å². The number of nitrogens with one attached hydrogen (secondary N) is 1. The monoisotopic (exact) mass is 463 g/mol. The zero-order valence-corrected chi connectivity index (χ0v) is 18.2. The Bertz CT molecular complexity index is 1410. The molecule has 1 aliphatic heterocycles. The van der Waals surface area contributed by atoms with Gasteiger partial charge in [-0.1, -0.05) is 0 Å². The van der Waals surface area contributed by atoms with Crippen LogP contribution in [0.4, 0.5) is 11.6 Å². The van der Waals surface area contributed by atoms with Crippen LogP contribution < -0.4 is 16.1 Å². The van der Waals surface area contributed by atoms with E-state index in [-0.39, 0.29) is 34.8 Å². The number of nitrogens with zero attached hydrogens (tertiary/aromatic N) is 6. The van der Waals surface area contributed by atoms with E-state index in [4.69, 9.17) is 0 Å². The summed E-state index contributed by atoms with van der Waals surface area (Å²) in [6.45, 7) is 3.27. The Hall–Kier alpha value is -3.52. The third kappa shape index (κ3) is 3.46. The van der Waals surface area contributed by atoms with Crippen molar-refractivity contribution in [2.45, 2.75) is 18.4 Å². The minimum absolute atomic E-state index is 0.0149.